The molecule has 0 radical (unpaired) electrons. The van der Waals surface area contributed by atoms with Crippen LogP contribution in [0.4, 0.5) is 0 Å². The standard InChI is InChI=1S/C43H27NO2/c1-3-11-28(12-4-1)30-19-22-32(23-20-30)44-39-24-21-31(29-13-5-2-6-14-29)25-35(39)36-26-41-42(27-40(36)44)46-43(45-41)37-17-9-7-15-33(37)34-16-8-10-18-38(34)43/h1-27H. The summed E-state index contributed by atoms with van der Waals surface area (Å²) in [5.41, 5.74) is 12.4. The van der Waals surface area contributed by atoms with E-state index in [0.717, 1.165) is 55.9 Å². The smallest absolute Gasteiger partial charge is 0.306 e. The highest BCUT2D eigenvalue weighted by Crippen LogP contribution is 2.57. The van der Waals surface area contributed by atoms with E-state index in [1.54, 1.807) is 0 Å². The van der Waals surface area contributed by atoms with Gasteiger partial charge in [0.1, 0.15) is 0 Å². The molecule has 1 aliphatic carbocycles. The van der Waals surface area contributed by atoms with Gasteiger partial charge in [0.05, 0.1) is 11.0 Å². The zero-order chi connectivity index (χ0) is 30.2. The number of fused-ring (bicyclic) bond motifs is 9. The molecule has 216 valence electrons. The first kappa shape index (κ1) is 25.3. The first-order chi connectivity index (χ1) is 22.8. The Morgan fingerprint density at radius 2 is 0.891 bits per heavy atom. The molecule has 0 amide bonds. The lowest BCUT2D eigenvalue weighted by Gasteiger charge is -2.25. The first-order valence-corrected chi connectivity index (χ1v) is 15.7. The zero-order valence-corrected chi connectivity index (χ0v) is 24.9. The summed E-state index contributed by atoms with van der Waals surface area (Å²) < 4.78 is 16.2. The average molecular weight is 590 g/mol. The Morgan fingerprint density at radius 1 is 0.391 bits per heavy atom. The second-order valence-corrected chi connectivity index (χ2v) is 12.1. The van der Waals surface area contributed by atoms with E-state index < -0.39 is 5.79 Å². The molecule has 0 bridgehead atoms. The monoisotopic (exact) mass is 589 g/mol. The fourth-order valence-corrected chi connectivity index (χ4v) is 7.41. The Labute approximate surface area is 266 Å². The van der Waals surface area contributed by atoms with Gasteiger partial charge in [0.25, 0.3) is 0 Å². The van der Waals surface area contributed by atoms with Crippen LogP contribution in [-0.4, -0.2) is 4.57 Å². The van der Waals surface area contributed by atoms with Gasteiger partial charge in [-0.3, -0.25) is 0 Å². The van der Waals surface area contributed by atoms with Crippen LogP contribution < -0.4 is 9.47 Å². The molecular formula is C43H27NO2. The fourth-order valence-electron chi connectivity index (χ4n) is 7.41. The summed E-state index contributed by atoms with van der Waals surface area (Å²) >= 11 is 0. The van der Waals surface area contributed by atoms with Crippen molar-refractivity contribution in [1.82, 2.24) is 4.57 Å². The topological polar surface area (TPSA) is 23.4 Å². The summed E-state index contributed by atoms with van der Waals surface area (Å²) in [6, 6.07) is 57.8. The van der Waals surface area contributed by atoms with Gasteiger partial charge < -0.3 is 14.0 Å². The molecule has 10 rings (SSSR count). The van der Waals surface area contributed by atoms with E-state index in [9.17, 15) is 0 Å². The molecule has 7 aromatic carbocycles. The van der Waals surface area contributed by atoms with Crippen molar-refractivity contribution in [1.29, 1.82) is 0 Å². The van der Waals surface area contributed by atoms with Crippen molar-refractivity contribution in [3.05, 3.63) is 175 Å². The van der Waals surface area contributed by atoms with Crippen LogP contribution in [-0.2, 0) is 5.79 Å². The molecule has 46 heavy (non-hydrogen) atoms. The van der Waals surface area contributed by atoms with Crippen LogP contribution >= 0.6 is 0 Å². The predicted octanol–water partition coefficient (Wildman–Crippen LogP) is 10.8. The van der Waals surface area contributed by atoms with Crippen molar-refractivity contribution in [3.8, 4) is 50.6 Å². The third-order valence-electron chi connectivity index (χ3n) is 9.53. The van der Waals surface area contributed by atoms with E-state index in [2.05, 4.69) is 168 Å². The average Bonchev–Trinajstić information content (AvgIpc) is 3.75. The van der Waals surface area contributed by atoms with Crippen molar-refractivity contribution in [2.45, 2.75) is 5.79 Å². The third kappa shape index (κ3) is 3.54. The third-order valence-corrected chi connectivity index (χ3v) is 9.53. The maximum absolute atomic E-state index is 6.94. The minimum Gasteiger partial charge on any atom is -0.440 e. The molecule has 1 aliphatic heterocycles. The van der Waals surface area contributed by atoms with Crippen LogP contribution in [0.2, 0.25) is 0 Å². The maximum atomic E-state index is 6.94. The lowest BCUT2D eigenvalue weighted by molar-refractivity contribution is -0.0416. The Kier molecular flexibility index (Phi) is 5.20. The van der Waals surface area contributed by atoms with Gasteiger partial charge in [0, 0.05) is 33.7 Å². The van der Waals surface area contributed by atoms with Crippen LogP contribution in [0.25, 0.3) is 60.9 Å². The molecule has 2 aliphatic rings. The van der Waals surface area contributed by atoms with Crippen molar-refractivity contribution in [2.24, 2.45) is 0 Å². The lowest BCUT2D eigenvalue weighted by atomic mass is 10.0. The Bertz CT molecular complexity index is 2410. The van der Waals surface area contributed by atoms with Crippen molar-refractivity contribution in [3.63, 3.8) is 0 Å². The fraction of sp³-hybridized carbons (Fsp3) is 0.0233. The quantitative estimate of drug-likeness (QED) is 0.205. The molecule has 1 spiro atoms. The van der Waals surface area contributed by atoms with E-state index in [-0.39, 0.29) is 0 Å². The van der Waals surface area contributed by atoms with Crippen molar-refractivity contribution in [2.75, 3.05) is 0 Å². The van der Waals surface area contributed by atoms with Gasteiger partial charge in [-0.25, -0.2) is 0 Å². The molecule has 3 heteroatoms. The summed E-state index contributed by atoms with van der Waals surface area (Å²) in [6.07, 6.45) is 0. The van der Waals surface area contributed by atoms with Crippen LogP contribution in [0.15, 0.2) is 164 Å². The Balaban J connectivity index is 1.19. The summed E-state index contributed by atoms with van der Waals surface area (Å²) in [5.74, 6) is 0.483. The number of hydrogen-bond acceptors (Lipinski definition) is 2. The Hall–Kier alpha value is -6.06. The summed E-state index contributed by atoms with van der Waals surface area (Å²) in [7, 11) is 0. The second-order valence-electron chi connectivity index (χ2n) is 12.1. The lowest BCUT2D eigenvalue weighted by Crippen LogP contribution is -2.34. The van der Waals surface area contributed by atoms with Gasteiger partial charge in [-0.1, -0.05) is 127 Å². The summed E-state index contributed by atoms with van der Waals surface area (Å²) in [6.45, 7) is 0. The van der Waals surface area contributed by atoms with Gasteiger partial charge in [-0.2, -0.15) is 0 Å². The number of rotatable bonds is 3. The van der Waals surface area contributed by atoms with Crippen LogP contribution in [0.5, 0.6) is 11.5 Å². The zero-order valence-electron chi connectivity index (χ0n) is 24.9. The minimum absolute atomic E-state index is 0.743. The normalized spacial score (nSPS) is 13.7. The molecule has 0 saturated carbocycles. The molecule has 0 N–H and O–H groups in total. The predicted molar refractivity (Wildman–Crippen MR) is 186 cm³/mol. The summed E-state index contributed by atoms with van der Waals surface area (Å²) in [5, 5.41) is 2.29. The van der Waals surface area contributed by atoms with Crippen LogP contribution in [0.1, 0.15) is 11.1 Å². The second kappa shape index (κ2) is 9.47. The largest absolute Gasteiger partial charge is 0.440 e. The minimum atomic E-state index is -1.01. The first-order valence-electron chi connectivity index (χ1n) is 15.7. The molecule has 0 atom stereocenters. The summed E-state index contributed by atoms with van der Waals surface area (Å²) in [4.78, 5) is 0. The molecular weight excluding hydrogens is 562 g/mol. The number of benzene rings is 7. The maximum Gasteiger partial charge on any atom is 0.306 e. The number of hydrogen-bond donors (Lipinski definition) is 0. The van der Waals surface area contributed by atoms with E-state index >= 15 is 0 Å². The van der Waals surface area contributed by atoms with E-state index in [4.69, 9.17) is 9.47 Å². The molecule has 8 aromatic rings. The molecule has 0 saturated heterocycles. The molecule has 1 aromatic heterocycles. The van der Waals surface area contributed by atoms with E-state index in [1.807, 2.05) is 0 Å². The molecule has 3 nitrogen and oxygen atoms in total. The highest BCUT2D eigenvalue weighted by Gasteiger charge is 2.52. The molecule has 0 fully saturated rings. The van der Waals surface area contributed by atoms with Crippen molar-refractivity contribution < 1.29 is 9.47 Å². The van der Waals surface area contributed by atoms with Crippen LogP contribution in [0.3, 0.4) is 0 Å². The van der Waals surface area contributed by atoms with E-state index in [0.29, 0.717) is 0 Å². The number of aromatic nitrogens is 1. The van der Waals surface area contributed by atoms with Crippen LogP contribution in [0, 0.1) is 0 Å². The van der Waals surface area contributed by atoms with Gasteiger partial charge in [-0.05, 0) is 63.7 Å². The Morgan fingerprint density at radius 3 is 1.54 bits per heavy atom. The van der Waals surface area contributed by atoms with Gasteiger partial charge in [0.15, 0.2) is 11.5 Å². The number of ether oxygens (including phenoxy) is 2. The molecule has 0 unspecified atom stereocenters. The SMILES string of the molecule is c1ccc(-c2ccc(-n3c4ccc(-c5ccccc5)cc4c4cc5c(cc43)OC3(O5)c4ccccc4-c4ccccc43)cc2)cc1. The highest BCUT2D eigenvalue weighted by atomic mass is 16.7. The van der Waals surface area contributed by atoms with Gasteiger partial charge in [-0.15, -0.1) is 0 Å². The molecule has 2 heterocycles. The highest BCUT2D eigenvalue weighted by molar-refractivity contribution is 6.11. The van der Waals surface area contributed by atoms with E-state index in [1.165, 1.54) is 27.6 Å². The number of nitrogens with zero attached hydrogens (tertiary/aromatic N) is 1. The van der Waals surface area contributed by atoms with Gasteiger partial charge >= 0.3 is 5.79 Å². The van der Waals surface area contributed by atoms with Gasteiger partial charge in [0.2, 0.25) is 0 Å². The van der Waals surface area contributed by atoms with Crippen molar-refractivity contribution >= 4 is 21.8 Å².